The number of hydrogen-bond donors (Lipinski definition) is 2. The van der Waals surface area contributed by atoms with E-state index < -0.39 is 5.97 Å². The number of hydrogen-bond acceptors (Lipinski definition) is 4. The number of thiophene rings is 1. The monoisotopic (exact) mass is 320 g/mol. The molecule has 2 heterocycles. The molecule has 1 aromatic carbocycles. The number of aromatic amines is 1. The predicted octanol–water partition coefficient (Wildman–Crippen LogP) is 2.93. The van der Waals surface area contributed by atoms with Crippen molar-refractivity contribution in [3.8, 4) is 0 Å². The lowest BCUT2D eigenvalue weighted by molar-refractivity contribution is 0.0702. The third kappa shape index (κ3) is 2.68. The van der Waals surface area contributed by atoms with Crippen LogP contribution in [-0.2, 0) is 6.42 Å². The van der Waals surface area contributed by atoms with Crippen LogP contribution < -0.4 is 5.56 Å². The number of rotatable bonds is 3. The van der Waals surface area contributed by atoms with Gasteiger partial charge in [0.1, 0.15) is 15.5 Å². The highest BCUT2D eigenvalue weighted by atomic mass is 35.5. The number of carboxylic acid groups (broad SMARTS) is 1. The van der Waals surface area contributed by atoms with Crippen LogP contribution >= 0.6 is 22.9 Å². The largest absolute Gasteiger partial charge is 0.477 e. The highest BCUT2D eigenvalue weighted by Crippen LogP contribution is 2.22. The first-order chi connectivity index (χ1) is 10.0. The summed E-state index contributed by atoms with van der Waals surface area (Å²) in [6.07, 6.45) is 0.380. The van der Waals surface area contributed by atoms with Crippen LogP contribution in [0.1, 0.15) is 21.1 Å². The van der Waals surface area contributed by atoms with E-state index in [9.17, 15) is 9.59 Å². The van der Waals surface area contributed by atoms with E-state index in [1.54, 1.807) is 6.07 Å². The minimum atomic E-state index is -1.06. The highest BCUT2D eigenvalue weighted by Gasteiger charge is 2.13. The van der Waals surface area contributed by atoms with Crippen molar-refractivity contribution in [3.63, 3.8) is 0 Å². The molecule has 0 saturated heterocycles. The van der Waals surface area contributed by atoms with Crippen molar-refractivity contribution in [3.05, 3.63) is 62.0 Å². The Kier molecular flexibility index (Phi) is 3.48. The zero-order valence-electron chi connectivity index (χ0n) is 10.6. The van der Waals surface area contributed by atoms with Gasteiger partial charge in [0, 0.05) is 11.4 Å². The first-order valence-electron chi connectivity index (χ1n) is 6.04. The van der Waals surface area contributed by atoms with Gasteiger partial charge in [-0.25, -0.2) is 9.78 Å². The van der Waals surface area contributed by atoms with Crippen molar-refractivity contribution in [1.82, 2.24) is 9.97 Å². The zero-order valence-corrected chi connectivity index (χ0v) is 12.2. The molecular formula is C14H9ClN2O3S. The topological polar surface area (TPSA) is 83.0 Å². The first-order valence-corrected chi connectivity index (χ1v) is 7.23. The number of aromatic nitrogens is 2. The summed E-state index contributed by atoms with van der Waals surface area (Å²) in [5, 5.41) is 9.86. The fraction of sp³-hybridized carbons (Fsp3) is 0.0714. The van der Waals surface area contributed by atoms with Crippen LogP contribution in [0.5, 0.6) is 0 Å². The Morgan fingerprint density at radius 3 is 2.86 bits per heavy atom. The zero-order chi connectivity index (χ0) is 15.0. The molecule has 0 unspecified atom stereocenters. The smallest absolute Gasteiger partial charge is 0.345 e. The molecule has 106 valence electrons. The van der Waals surface area contributed by atoms with Crippen molar-refractivity contribution in [2.45, 2.75) is 6.42 Å². The second-order valence-electron chi connectivity index (χ2n) is 4.42. The summed E-state index contributed by atoms with van der Waals surface area (Å²) >= 11 is 7.07. The molecule has 0 aliphatic heterocycles. The second-order valence-corrected chi connectivity index (χ2v) is 5.85. The summed E-state index contributed by atoms with van der Waals surface area (Å²) in [4.78, 5) is 30.4. The standard InChI is InChI=1S/C14H9ClN2O3S/c15-9-4-2-1-3-7(9)5-11-16-12(18)8-6-10(14(19)20)21-13(8)17-11/h1-4,6H,5H2,(H,19,20)(H,16,17,18). The van der Waals surface area contributed by atoms with Gasteiger partial charge in [-0.15, -0.1) is 11.3 Å². The maximum Gasteiger partial charge on any atom is 0.345 e. The lowest BCUT2D eigenvalue weighted by Crippen LogP contribution is -2.11. The SMILES string of the molecule is O=C(O)c1cc2c(=O)[nH]c(Cc3ccccc3Cl)nc2s1. The van der Waals surface area contributed by atoms with E-state index in [1.807, 2.05) is 18.2 Å². The first kappa shape index (κ1) is 13.8. The molecule has 2 N–H and O–H groups in total. The fourth-order valence-corrected chi connectivity index (χ4v) is 3.08. The van der Waals surface area contributed by atoms with Gasteiger partial charge in [0.05, 0.1) is 5.39 Å². The third-order valence-electron chi connectivity index (χ3n) is 2.98. The number of benzene rings is 1. The average Bonchev–Trinajstić information content (AvgIpc) is 2.86. The third-order valence-corrected chi connectivity index (χ3v) is 4.36. The van der Waals surface area contributed by atoms with Gasteiger partial charge in [0.25, 0.3) is 5.56 Å². The van der Waals surface area contributed by atoms with E-state index in [1.165, 1.54) is 6.07 Å². The number of fused-ring (bicyclic) bond motifs is 1. The number of halogens is 1. The molecule has 0 fully saturated rings. The van der Waals surface area contributed by atoms with Gasteiger partial charge in [-0.3, -0.25) is 4.79 Å². The molecule has 3 aromatic rings. The summed E-state index contributed by atoms with van der Waals surface area (Å²) in [6.45, 7) is 0. The van der Waals surface area contributed by atoms with E-state index in [-0.39, 0.29) is 10.4 Å². The number of H-pyrrole nitrogens is 1. The molecule has 2 aromatic heterocycles. The van der Waals surface area contributed by atoms with Crippen LogP contribution in [0.2, 0.25) is 5.02 Å². The molecule has 0 spiro atoms. The average molecular weight is 321 g/mol. The van der Waals surface area contributed by atoms with Crippen molar-refractivity contribution in [2.75, 3.05) is 0 Å². The minimum absolute atomic E-state index is 0.0953. The number of aromatic carboxylic acids is 1. The van der Waals surface area contributed by atoms with Crippen LogP contribution in [-0.4, -0.2) is 21.0 Å². The van der Waals surface area contributed by atoms with Gasteiger partial charge in [0.2, 0.25) is 0 Å². The molecule has 7 heteroatoms. The molecule has 5 nitrogen and oxygen atoms in total. The number of carboxylic acids is 1. The number of nitrogens with one attached hydrogen (secondary N) is 1. The molecule has 0 radical (unpaired) electrons. The van der Waals surface area contributed by atoms with Gasteiger partial charge in [0.15, 0.2) is 0 Å². The van der Waals surface area contributed by atoms with Gasteiger partial charge in [-0.1, -0.05) is 29.8 Å². The van der Waals surface area contributed by atoms with Crippen LogP contribution in [0, 0.1) is 0 Å². The second kappa shape index (κ2) is 5.31. The van der Waals surface area contributed by atoms with Gasteiger partial charge in [-0.05, 0) is 17.7 Å². The maximum absolute atomic E-state index is 12.0. The quantitative estimate of drug-likeness (QED) is 0.777. The van der Waals surface area contributed by atoms with Crippen LogP contribution in [0.15, 0.2) is 35.1 Å². The lowest BCUT2D eigenvalue weighted by atomic mass is 10.1. The maximum atomic E-state index is 12.0. The summed E-state index contributed by atoms with van der Waals surface area (Å²) in [6, 6.07) is 8.63. The molecule has 0 atom stereocenters. The fourth-order valence-electron chi connectivity index (χ4n) is 1.99. The van der Waals surface area contributed by atoms with Gasteiger partial charge >= 0.3 is 5.97 Å². The number of nitrogens with zero attached hydrogens (tertiary/aromatic N) is 1. The number of carbonyl (C=O) groups is 1. The molecular weight excluding hydrogens is 312 g/mol. The predicted molar refractivity (Wildman–Crippen MR) is 81.5 cm³/mol. The normalized spacial score (nSPS) is 10.9. The molecule has 21 heavy (non-hydrogen) atoms. The van der Waals surface area contributed by atoms with E-state index >= 15 is 0 Å². The van der Waals surface area contributed by atoms with Crippen molar-refractivity contribution >= 4 is 39.1 Å². The van der Waals surface area contributed by atoms with Crippen LogP contribution in [0.25, 0.3) is 10.2 Å². The van der Waals surface area contributed by atoms with Crippen LogP contribution in [0.3, 0.4) is 0 Å². The van der Waals surface area contributed by atoms with E-state index in [0.717, 1.165) is 16.9 Å². The Morgan fingerprint density at radius 1 is 1.38 bits per heavy atom. The molecule has 0 aliphatic carbocycles. The Balaban J connectivity index is 2.06. The van der Waals surface area contributed by atoms with Gasteiger partial charge in [-0.2, -0.15) is 0 Å². The molecule has 0 bridgehead atoms. The van der Waals surface area contributed by atoms with Crippen molar-refractivity contribution in [1.29, 1.82) is 0 Å². The van der Waals surface area contributed by atoms with Crippen LogP contribution in [0.4, 0.5) is 0 Å². The Labute approximate surface area is 127 Å². The summed E-state index contributed by atoms with van der Waals surface area (Å²) in [5.74, 6) is -0.607. The van der Waals surface area contributed by atoms with E-state index in [0.29, 0.717) is 27.5 Å². The van der Waals surface area contributed by atoms with Crippen molar-refractivity contribution < 1.29 is 9.90 Å². The molecule has 0 amide bonds. The molecule has 3 rings (SSSR count). The highest BCUT2D eigenvalue weighted by molar-refractivity contribution is 7.20. The lowest BCUT2D eigenvalue weighted by Gasteiger charge is -2.03. The van der Waals surface area contributed by atoms with Gasteiger partial charge < -0.3 is 10.1 Å². The van der Waals surface area contributed by atoms with E-state index in [2.05, 4.69) is 9.97 Å². The van der Waals surface area contributed by atoms with E-state index in [4.69, 9.17) is 16.7 Å². The Bertz CT molecular complexity index is 901. The molecule has 0 saturated carbocycles. The minimum Gasteiger partial charge on any atom is -0.477 e. The summed E-state index contributed by atoms with van der Waals surface area (Å²) in [5.41, 5.74) is 0.502. The summed E-state index contributed by atoms with van der Waals surface area (Å²) < 4.78 is 0. The summed E-state index contributed by atoms with van der Waals surface area (Å²) in [7, 11) is 0. The van der Waals surface area contributed by atoms with Crippen molar-refractivity contribution in [2.24, 2.45) is 0 Å². The Hall–Kier alpha value is -2.18. The molecule has 0 aliphatic rings. The Morgan fingerprint density at radius 2 is 2.14 bits per heavy atom.